The first kappa shape index (κ1) is 8.91. The van der Waals surface area contributed by atoms with Crippen LogP contribution in [0.25, 0.3) is 0 Å². The van der Waals surface area contributed by atoms with Crippen LogP contribution >= 0.6 is 23.4 Å². The third-order valence-electron chi connectivity index (χ3n) is 1.78. The molecule has 0 spiro atoms. The van der Waals surface area contributed by atoms with Crippen molar-refractivity contribution in [3.8, 4) is 0 Å². The van der Waals surface area contributed by atoms with Crippen LogP contribution in [0, 0.1) is 0 Å². The number of benzene rings is 1. The van der Waals surface area contributed by atoms with Gasteiger partial charge in [-0.25, -0.2) is 0 Å². The highest BCUT2D eigenvalue weighted by atomic mass is 35.5. The number of hydrogen-bond acceptors (Lipinski definition) is 2. The van der Waals surface area contributed by atoms with E-state index in [9.17, 15) is 4.79 Å². The lowest BCUT2D eigenvalue weighted by Crippen LogP contribution is -2.46. The number of rotatable bonds is 2. The molecule has 0 radical (unpaired) electrons. The molecule has 1 aliphatic rings. The van der Waals surface area contributed by atoms with E-state index in [0.717, 1.165) is 9.92 Å². The van der Waals surface area contributed by atoms with Gasteiger partial charge in [0.2, 0.25) is 5.91 Å². The summed E-state index contributed by atoms with van der Waals surface area (Å²) in [5.74, 6) is 0.131. The van der Waals surface area contributed by atoms with Crippen molar-refractivity contribution in [1.29, 1.82) is 0 Å². The summed E-state index contributed by atoms with van der Waals surface area (Å²) in [4.78, 5) is 11.7. The zero-order valence-electron chi connectivity index (χ0n) is 6.79. The Kier molecular flexibility index (Phi) is 2.47. The smallest absolute Gasteiger partial charge is 0.223 e. The maximum Gasteiger partial charge on any atom is 0.223 e. The van der Waals surface area contributed by atoms with Gasteiger partial charge >= 0.3 is 0 Å². The predicted octanol–water partition coefficient (Wildman–Crippen LogP) is 2.28. The number of nitrogens with one attached hydrogen (secondary N) is 1. The number of hydrogen-bond donors (Lipinski definition) is 1. The molecule has 1 fully saturated rings. The van der Waals surface area contributed by atoms with E-state index < -0.39 is 0 Å². The molecule has 2 rings (SSSR count). The molecule has 1 unspecified atom stereocenters. The number of amides is 1. The fourth-order valence-electron chi connectivity index (χ4n) is 1.08. The van der Waals surface area contributed by atoms with Crippen LogP contribution in [0.2, 0.25) is 5.02 Å². The summed E-state index contributed by atoms with van der Waals surface area (Å²) in [6.45, 7) is 0. The highest BCUT2D eigenvalue weighted by Gasteiger charge is 2.25. The van der Waals surface area contributed by atoms with Gasteiger partial charge in [-0.1, -0.05) is 11.6 Å². The molecule has 1 N–H and O–H groups in total. The molecule has 0 aliphatic carbocycles. The van der Waals surface area contributed by atoms with E-state index in [-0.39, 0.29) is 11.3 Å². The number of β-lactam (4-membered cyclic amide) rings is 1. The lowest BCUT2D eigenvalue weighted by atomic mass is 10.3. The molecule has 68 valence electrons. The van der Waals surface area contributed by atoms with Crippen molar-refractivity contribution in [1.82, 2.24) is 5.32 Å². The Morgan fingerprint density at radius 2 is 2.00 bits per heavy atom. The van der Waals surface area contributed by atoms with E-state index >= 15 is 0 Å². The fourth-order valence-corrected chi connectivity index (χ4v) is 2.25. The van der Waals surface area contributed by atoms with Crippen LogP contribution in [0.4, 0.5) is 0 Å². The molecule has 1 amide bonds. The van der Waals surface area contributed by atoms with Gasteiger partial charge in [0.05, 0.1) is 11.8 Å². The Bertz CT molecular complexity index is 317. The molecule has 2 nitrogen and oxygen atoms in total. The van der Waals surface area contributed by atoms with Gasteiger partial charge in [0.1, 0.15) is 0 Å². The molecule has 13 heavy (non-hydrogen) atoms. The van der Waals surface area contributed by atoms with Crippen LogP contribution in [0.1, 0.15) is 6.42 Å². The largest absolute Gasteiger partial charge is 0.343 e. The summed E-state index contributed by atoms with van der Waals surface area (Å²) in [7, 11) is 0. The van der Waals surface area contributed by atoms with Gasteiger partial charge < -0.3 is 5.32 Å². The molecule has 1 heterocycles. The Balaban J connectivity index is 1.95. The van der Waals surface area contributed by atoms with Crippen molar-refractivity contribution in [3.05, 3.63) is 29.3 Å². The van der Waals surface area contributed by atoms with Crippen molar-refractivity contribution in [2.24, 2.45) is 0 Å². The number of thioether (sulfide) groups is 1. The molecule has 1 aliphatic heterocycles. The van der Waals surface area contributed by atoms with E-state index in [1.165, 1.54) is 0 Å². The number of carbonyl (C=O) groups excluding carboxylic acids is 1. The summed E-state index contributed by atoms with van der Waals surface area (Å²) in [5, 5.41) is 3.78. The molecule has 1 aromatic rings. The van der Waals surface area contributed by atoms with Crippen molar-refractivity contribution in [2.45, 2.75) is 16.7 Å². The normalized spacial score (nSPS) is 20.7. The lowest BCUT2D eigenvalue weighted by Gasteiger charge is -2.25. The third-order valence-corrected chi connectivity index (χ3v) is 3.15. The first-order chi connectivity index (χ1) is 6.24. The van der Waals surface area contributed by atoms with Crippen LogP contribution < -0.4 is 5.32 Å². The second kappa shape index (κ2) is 3.60. The zero-order valence-corrected chi connectivity index (χ0v) is 8.36. The van der Waals surface area contributed by atoms with Gasteiger partial charge in [0.15, 0.2) is 0 Å². The Hall–Kier alpha value is -0.670. The standard InChI is InChI=1S/C9H8ClNOS/c10-6-1-3-7(4-2-6)13-9-5-8(12)11-9/h1-4,9H,5H2,(H,11,12). The molecule has 1 atom stereocenters. The average molecular weight is 214 g/mol. The van der Waals surface area contributed by atoms with E-state index in [0.29, 0.717) is 6.42 Å². The van der Waals surface area contributed by atoms with Crippen molar-refractivity contribution < 1.29 is 4.79 Å². The van der Waals surface area contributed by atoms with Crippen LogP contribution in [-0.2, 0) is 4.79 Å². The third kappa shape index (κ3) is 2.17. The minimum atomic E-state index is 0.131. The summed E-state index contributed by atoms with van der Waals surface area (Å²) in [6, 6.07) is 7.61. The number of halogens is 1. The Labute approximate surface area is 85.7 Å². The maximum atomic E-state index is 10.6. The quantitative estimate of drug-likeness (QED) is 0.764. The summed E-state index contributed by atoms with van der Waals surface area (Å²) >= 11 is 7.39. The summed E-state index contributed by atoms with van der Waals surface area (Å²) in [6.07, 6.45) is 0.618. The molecule has 0 aromatic heterocycles. The highest BCUT2D eigenvalue weighted by molar-refractivity contribution is 8.00. The second-order valence-corrected chi connectivity index (χ2v) is 4.54. The SMILES string of the molecule is O=C1CC(Sc2ccc(Cl)cc2)N1. The molecular weight excluding hydrogens is 206 g/mol. The summed E-state index contributed by atoms with van der Waals surface area (Å²) in [5.41, 5.74) is 0. The van der Waals surface area contributed by atoms with E-state index in [1.807, 2.05) is 24.3 Å². The van der Waals surface area contributed by atoms with Gasteiger partial charge in [-0.2, -0.15) is 0 Å². The molecule has 1 aromatic carbocycles. The van der Waals surface area contributed by atoms with E-state index in [2.05, 4.69) is 5.32 Å². The van der Waals surface area contributed by atoms with Crippen molar-refractivity contribution >= 4 is 29.3 Å². The monoisotopic (exact) mass is 213 g/mol. The van der Waals surface area contributed by atoms with Gasteiger partial charge in [0, 0.05) is 9.92 Å². The van der Waals surface area contributed by atoms with Crippen LogP contribution in [0.15, 0.2) is 29.2 Å². The first-order valence-electron chi connectivity index (χ1n) is 3.95. The fraction of sp³-hybridized carbons (Fsp3) is 0.222. The van der Waals surface area contributed by atoms with E-state index in [4.69, 9.17) is 11.6 Å². The van der Waals surface area contributed by atoms with E-state index in [1.54, 1.807) is 11.8 Å². The average Bonchev–Trinajstić information content (AvgIpc) is 2.06. The molecule has 0 saturated carbocycles. The Morgan fingerprint density at radius 3 is 2.54 bits per heavy atom. The minimum Gasteiger partial charge on any atom is -0.343 e. The zero-order chi connectivity index (χ0) is 9.26. The second-order valence-electron chi connectivity index (χ2n) is 2.83. The minimum absolute atomic E-state index is 0.131. The molecule has 1 saturated heterocycles. The topological polar surface area (TPSA) is 29.1 Å². The van der Waals surface area contributed by atoms with Gasteiger partial charge in [-0.3, -0.25) is 4.79 Å². The first-order valence-corrected chi connectivity index (χ1v) is 5.21. The van der Waals surface area contributed by atoms with Crippen LogP contribution in [0.5, 0.6) is 0 Å². The summed E-state index contributed by atoms with van der Waals surface area (Å²) < 4.78 is 0. The molecule has 4 heteroatoms. The Morgan fingerprint density at radius 1 is 1.38 bits per heavy atom. The lowest BCUT2D eigenvalue weighted by molar-refractivity contribution is -0.126. The van der Waals surface area contributed by atoms with Crippen LogP contribution in [0.3, 0.4) is 0 Å². The maximum absolute atomic E-state index is 10.6. The van der Waals surface area contributed by atoms with Crippen LogP contribution in [-0.4, -0.2) is 11.3 Å². The number of carbonyl (C=O) groups is 1. The van der Waals surface area contributed by atoms with Gasteiger partial charge in [-0.15, -0.1) is 11.8 Å². The van der Waals surface area contributed by atoms with Crippen molar-refractivity contribution in [2.75, 3.05) is 0 Å². The predicted molar refractivity (Wildman–Crippen MR) is 53.9 cm³/mol. The van der Waals surface area contributed by atoms with Gasteiger partial charge in [0.25, 0.3) is 0 Å². The van der Waals surface area contributed by atoms with Gasteiger partial charge in [-0.05, 0) is 24.3 Å². The molecule has 0 bridgehead atoms. The molecular formula is C9H8ClNOS. The highest BCUT2D eigenvalue weighted by Crippen LogP contribution is 2.28. The van der Waals surface area contributed by atoms with Crippen molar-refractivity contribution in [3.63, 3.8) is 0 Å².